The van der Waals surface area contributed by atoms with Crippen molar-refractivity contribution in [3.8, 4) is 0 Å². The Kier molecular flexibility index (Phi) is 4.50. The van der Waals surface area contributed by atoms with E-state index in [1.807, 2.05) is 41.4 Å². The fourth-order valence-electron chi connectivity index (χ4n) is 2.72. The largest absolute Gasteiger partial charge is 0.480 e. The van der Waals surface area contributed by atoms with Crippen molar-refractivity contribution in [3.63, 3.8) is 0 Å². The van der Waals surface area contributed by atoms with Crippen LogP contribution in [-0.4, -0.2) is 52.1 Å². The van der Waals surface area contributed by atoms with Crippen LogP contribution in [0.1, 0.15) is 17.2 Å². The van der Waals surface area contributed by atoms with Crippen LogP contribution in [0.25, 0.3) is 0 Å². The monoisotopic (exact) mass is 301 g/mol. The molecule has 0 spiro atoms. The highest BCUT2D eigenvalue weighted by Gasteiger charge is 2.29. The van der Waals surface area contributed by atoms with Gasteiger partial charge in [0.25, 0.3) is 0 Å². The highest BCUT2D eigenvalue weighted by Crippen LogP contribution is 2.22. The molecular formula is C16H19N3O3. The van der Waals surface area contributed by atoms with Crippen molar-refractivity contribution in [1.82, 2.24) is 14.7 Å². The Hall–Kier alpha value is -2.18. The summed E-state index contributed by atoms with van der Waals surface area (Å²) in [6, 6.07) is 9.32. The molecule has 0 bridgehead atoms. The number of aliphatic carboxylic acids is 1. The molecule has 1 aliphatic rings. The van der Waals surface area contributed by atoms with Gasteiger partial charge in [-0.3, -0.25) is 14.4 Å². The summed E-state index contributed by atoms with van der Waals surface area (Å²) in [6.07, 6.45) is 3.47. The Morgan fingerprint density at radius 2 is 2.00 bits per heavy atom. The molecule has 0 radical (unpaired) electrons. The molecule has 1 aromatic heterocycles. The van der Waals surface area contributed by atoms with Gasteiger partial charge in [-0.05, 0) is 5.56 Å². The van der Waals surface area contributed by atoms with E-state index < -0.39 is 12.0 Å². The molecule has 1 atom stereocenters. The highest BCUT2D eigenvalue weighted by atomic mass is 16.5. The molecule has 0 amide bonds. The molecule has 6 nitrogen and oxygen atoms in total. The summed E-state index contributed by atoms with van der Waals surface area (Å²) in [5, 5.41) is 13.9. The van der Waals surface area contributed by atoms with Crippen molar-refractivity contribution in [3.05, 3.63) is 53.9 Å². The van der Waals surface area contributed by atoms with E-state index in [0.717, 1.165) is 5.56 Å². The van der Waals surface area contributed by atoms with Gasteiger partial charge in [0.2, 0.25) is 0 Å². The summed E-state index contributed by atoms with van der Waals surface area (Å²) < 4.78 is 7.07. The van der Waals surface area contributed by atoms with E-state index in [4.69, 9.17) is 4.74 Å². The molecule has 1 fully saturated rings. The van der Waals surface area contributed by atoms with E-state index in [-0.39, 0.29) is 0 Å². The molecule has 0 unspecified atom stereocenters. The number of hydrogen-bond acceptors (Lipinski definition) is 4. The van der Waals surface area contributed by atoms with Crippen LogP contribution in [0, 0.1) is 0 Å². The normalized spacial score (nSPS) is 17.3. The average Bonchev–Trinajstić information content (AvgIpc) is 2.97. The first-order valence-electron chi connectivity index (χ1n) is 7.35. The molecule has 6 heteroatoms. The Morgan fingerprint density at radius 1 is 1.27 bits per heavy atom. The minimum Gasteiger partial charge on any atom is -0.480 e. The van der Waals surface area contributed by atoms with Crippen molar-refractivity contribution in [1.29, 1.82) is 0 Å². The van der Waals surface area contributed by atoms with Gasteiger partial charge in [0.1, 0.15) is 6.04 Å². The first-order valence-corrected chi connectivity index (χ1v) is 7.35. The average molecular weight is 301 g/mol. The number of hydrogen-bond donors (Lipinski definition) is 1. The van der Waals surface area contributed by atoms with Crippen molar-refractivity contribution >= 4 is 5.97 Å². The lowest BCUT2D eigenvalue weighted by Crippen LogP contribution is -2.42. The van der Waals surface area contributed by atoms with Crippen molar-refractivity contribution in [2.45, 2.75) is 12.6 Å². The maximum atomic E-state index is 11.6. The number of carbonyl (C=O) groups is 1. The first-order chi connectivity index (χ1) is 10.7. The Bertz CT molecular complexity index is 621. The molecule has 1 N–H and O–H groups in total. The van der Waals surface area contributed by atoms with Gasteiger partial charge in [-0.15, -0.1) is 0 Å². The number of rotatable bonds is 5. The third-order valence-electron chi connectivity index (χ3n) is 3.80. The van der Waals surface area contributed by atoms with Crippen molar-refractivity contribution in [2.24, 2.45) is 0 Å². The van der Waals surface area contributed by atoms with E-state index in [9.17, 15) is 9.90 Å². The molecule has 1 aromatic carbocycles. The molecule has 2 aromatic rings. The third kappa shape index (κ3) is 3.35. The molecule has 1 aliphatic heterocycles. The van der Waals surface area contributed by atoms with Crippen LogP contribution in [0.3, 0.4) is 0 Å². The molecule has 22 heavy (non-hydrogen) atoms. The minimum absolute atomic E-state index is 0.571. The zero-order valence-electron chi connectivity index (χ0n) is 12.3. The fraction of sp³-hybridized carbons (Fsp3) is 0.375. The van der Waals surface area contributed by atoms with E-state index >= 15 is 0 Å². The van der Waals surface area contributed by atoms with Crippen LogP contribution in [0.15, 0.2) is 42.7 Å². The Morgan fingerprint density at radius 3 is 2.68 bits per heavy atom. The smallest absolute Gasteiger partial charge is 0.325 e. The topological polar surface area (TPSA) is 67.6 Å². The van der Waals surface area contributed by atoms with Gasteiger partial charge in [-0.2, -0.15) is 5.10 Å². The van der Waals surface area contributed by atoms with Gasteiger partial charge in [-0.25, -0.2) is 0 Å². The first kappa shape index (κ1) is 14.7. The standard InChI is InChI=1S/C16H19N3O3/c20-16(21)15(18-6-8-22-9-7-18)14-10-17-19(12-14)11-13-4-2-1-3-5-13/h1-5,10,12,15H,6-9,11H2,(H,20,21)/t15-/m1/s1. The zero-order chi connectivity index (χ0) is 15.4. The van der Waals surface area contributed by atoms with Crippen molar-refractivity contribution < 1.29 is 14.6 Å². The number of aromatic nitrogens is 2. The van der Waals surface area contributed by atoms with Crippen LogP contribution in [0.5, 0.6) is 0 Å². The van der Waals surface area contributed by atoms with Gasteiger partial charge in [-0.1, -0.05) is 30.3 Å². The molecule has 1 saturated heterocycles. The van der Waals surface area contributed by atoms with Gasteiger partial charge >= 0.3 is 5.97 Å². The van der Waals surface area contributed by atoms with Crippen molar-refractivity contribution in [2.75, 3.05) is 26.3 Å². The molecule has 2 heterocycles. The predicted octanol–water partition coefficient (Wildman–Crippen LogP) is 1.39. The third-order valence-corrected chi connectivity index (χ3v) is 3.80. The second kappa shape index (κ2) is 6.72. The summed E-state index contributed by atoms with van der Waals surface area (Å²) in [7, 11) is 0. The van der Waals surface area contributed by atoms with Gasteiger partial charge in [0.15, 0.2) is 0 Å². The summed E-state index contributed by atoms with van der Waals surface area (Å²) in [4.78, 5) is 13.6. The lowest BCUT2D eigenvalue weighted by atomic mass is 10.1. The zero-order valence-corrected chi connectivity index (χ0v) is 12.3. The Labute approximate surface area is 128 Å². The van der Waals surface area contributed by atoms with Crippen LogP contribution < -0.4 is 0 Å². The van der Waals surface area contributed by atoms with Crippen LogP contribution in [0.4, 0.5) is 0 Å². The molecule has 0 saturated carbocycles. The maximum absolute atomic E-state index is 11.6. The van der Waals surface area contributed by atoms with E-state index in [2.05, 4.69) is 5.10 Å². The quantitative estimate of drug-likeness (QED) is 0.904. The summed E-state index contributed by atoms with van der Waals surface area (Å²) in [6.45, 7) is 3.03. The highest BCUT2D eigenvalue weighted by molar-refractivity contribution is 5.75. The molecular weight excluding hydrogens is 282 g/mol. The second-order valence-electron chi connectivity index (χ2n) is 5.35. The number of benzene rings is 1. The predicted molar refractivity (Wildman–Crippen MR) is 80.5 cm³/mol. The summed E-state index contributed by atoms with van der Waals surface area (Å²) in [5.74, 6) is -0.846. The molecule has 116 valence electrons. The summed E-state index contributed by atoms with van der Waals surface area (Å²) in [5.41, 5.74) is 1.85. The van der Waals surface area contributed by atoms with E-state index in [1.165, 1.54) is 0 Å². The van der Waals surface area contributed by atoms with Crippen LogP contribution in [0.2, 0.25) is 0 Å². The van der Waals surface area contributed by atoms with E-state index in [1.54, 1.807) is 10.9 Å². The molecule has 3 rings (SSSR count). The summed E-state index contributed by atoms with van der Waals surface area (Å²) >= 11 is 0. The van der Waals surface area contributed by atoms with E-state index in [0.29, 0.717) is 38.4 Å². The van der Waals surface area contributed by atoms with Gasteiger partial charge < -0.3 is 9.84 Å². The van der Waals surface area contributed by atoms with Crippen LogP contribution in [-0.2, 0) is 16.1 Å². The number of nitrogens with zero attached hydrogens (tertiary/aromatic N) is 3. The number of ether oxygens (including phenoxy) is 1. The maximum Gasteiger partial charge on any atom is 0.325 e. The lowest BCUT2D eigenvalue weighted by molar-refractivity contribution is -0.145. The van der Waals surface area contributed by atoms with Crippen LogP contribution >= 0.6 is 0 Å². The van der Waals surface area contributed by atoms with Gasteiger partial charge in [0, 0.05) is 24.8 Å². The van der Waals surface area contributed by atoms with Gasteiger partial charge in [0.05, 0.1) is 26.0 Å². The second-order valence-corrected chi connectivity index (χ2v) is 5.35. The Balaban J connectivity index is 1.76. The fourth-order valence-corrected chi connectivity index (χ4v) is 2.72. The number of morpholine rings is 1. The lowest BCUT2D eigenvalue weighted by Gasteiger charge is -2.31. The molecule has 0 aliphatic carbocycles. The SMILES string of the molecule is O=C(O)[C@@H](c1cnn(Cc2ccccc2)c1)N1CCOCC1. The number of carboxylic acids is 1. The minimum atomic E-state index is -0.846. The number of carboxylic acid groups (broad SMARTS) is 1.